The van der Waals surface area contributed by atoms with Gasteiger partial charge in [-0.3, -0.25) is 14.5 Å². The molecule has 5 heterocycles. The molecule has 1 unspecified atom stereocenters. The van der Waals surface area contributed by atoms with Crippen molar-refractivity contribution in [2.45, 2.75) is 45.3 Å². The lowest BCUT2D eigenvalue weighted by atomic mass is 10.0. The summed E-state index contributed by atoms with van der Waals surface area (Å²) >= 11 is 1.69. The van der Waals surface area contributed by atoms with E-state index in [0.29, 0.717) is 30.2 Å². The summed E-state index contributed by atoms with van der Waals surface area (Å²) in [5.41, 5.74) is 1.93. The maximum Gasteiger partial charge on any atom is 0.251 e. The maximum atomic E-state index is 13.4. The normalized spacial score (nSPS) is 18.7. The Kier molecular flexibility index (Phi) is 7.99. The molecule has 3 aromatic rings. The van der Waals surface area contributed by atoms with Crippen LogP contribution in [0.1, 0.15) is 48.5 Å². The van der Waals surface area contributed by atoms with Crippen LogP contribution in [0.4, 0.5) is 11.6 Å². The van der Waals surface area contributed by atoms with Gasteiger partial charge in [0.1, 0.15) is 17.7 Å². The van der Waals surface area contributed by atoms with Crippen LogP contribution in [0, 0.1) is 0 Å². The summed E-state index contributed by atoms with van der Waals surface area (Å²) in [6, 6.07) is 7.67. The molecule has 0 aliphatic carbocycles. The van der Waals surface area contributed by atoms with E-state index < -0.39 is 0 Å². The van der Waals surface area contributed by atoms with Crippen LogP contribution in [0.15, 0.2) is 41.9 Å². The van der Waals surface area contributed by atoms with Crippen LogP contribution in [-0.4, -0.2) is 76.8 Å². The predicted molar refractivity (Wildman–Crippen MR) is 156 cm³/mol. The lowest BCUT2D eigenvalue weighted by Gasteiger charge is -2.40. The monoisotopic (exact) mass is 548 g/mol. The molecule has 3 atom stereocenters. The summed E-state index contributed by atoms with van der Waals surface area (Å²) in [7, 11) is 1.64. The Morgan fingerprint density at radius 1 is 1.28 bits per heavy atom. The third-order valence-corrected chi connectivity index (χ3v) is 8.52. The number of amides is 2. The zero-order valence-electron chi connectivity index (χ0n) is 22.8. The van der Waals surface area contributed by atoms with Crippen LogP contribution in [0.2, 0.25) is 0 Å². The molecule has 0 spiro atoms. The van der Waals surface area contributed by atoms with E-state index in [9.17, 15) is 9.59 Å². The van der Waals surface area contributed by atoms with Crippen LogP contribution in [0.3, 0.4) is 0 Å². The molecule has 1 saturated heterocycles. The summed E-state index contributed by atoms with van der Waals surface area (Å²) in [6.07, 6.45) is 6.53. The zero-order chi connectivity index (χ0) is 27.5. The molecule has 2 aliphatic heterocycles. The minimum Gasteiger partial charge on any atom is -0.358 e. The van der Waals surface area contributed by atoms with Gasteiger partial charge in [-0.15, -0.1) is 11.3 Å². The minimum atomic E-state index is -0.304. The van der Waals surface area contributed by atoms with Crippen LogP contribution in [0.25, 0.3) is 17.5 Å². The van der Waals surface area contributed by atoms with Gasteiger partial charge in [-0.1, -0.05) is 19.9 Å². The van der Waals surface area contributed by atoms with Crippen molar-refractivity contribution in [1.82, 2.24) is 30.3 Å². The second kappa shape index (κ2) is 11.6. The summed E-state index contributed by atoms with van der Waals surface area (Å²) in [5.74, 6) is 1.20. The number of pyridine rings is 1. The lowest BCUT2D eigenvalue weighted by Crippen LogP contribution is -2.56. The van der Waals surface area contributed by atoms with Crippen molar-refractivity contribution in [2.24, 2.45) is 0 Å². The number of likely N-dealkylation sites (N-methyl/N-ethyl adjacent to an activating group) is 2. The number of fused-ring (bicyclic) bond motifs is 1. The second-order valence-electron chi connectivity index (χ2n) is 9.82. The average molecular weight is 549 g/mol. The van der Waals surface area contributed by atoms with Crippen molar-refractivity contribution in [3.8, 4) is 11.3 Å². The third kappa shape index (κ3) is 5.41. The molecule has 1 fully saturated rings. The Labute approximate surface area is 233 Å². The summed E-state index contributed by atoms with van der Waals surface area (Å²) < 4.78 is 1.79. The van der Waals surface area contributed by atoms with E-state index in [-0.39, 0.29) is 29.9 Å². The molecule has 2 amide bonds. The quantitative estimate of drug-likeness (QED) is 0.356. The zero-order valence-corrected chi connectivity index (χ0v) is 23.7. The van der Waals surface area contributed by atoms with Crippen molar-refractivity contribution in [1.29, 1.82) is 0 Å². The van der Waals surface area contributed by atoms with Crippen molar-refractivity contribution < 1.29 is 9.59 Å². The highest BCUT2D eigenvalue weighted by Crippen LogP contribution is 2.36. The highest BCUT2D eigenvalue weighted by molar-refractivity contribution is 7.10. The molecule has 0 radical (unpaired) electrons. The highest BCUT2D eigenvalue weighted by atomic mass is 32.1. The Morgan fingerprint density at radius 3 is 2.77 bits per heavy atom. The molecule has 0 saturated carbocycles. The predicted octanol–water partition coefficient (Wildman–Crippen LogP) is 3.43. The molecule has 10 nitrogen and oxygen atoms in total. The highest BCUT2D eigenvalue weighted by Gasteiger charge is 2.35. The molecule has 11 heteroatoms. The van der Waals surface area contributed by atoms with Crippen molar-refractivity contribution in [3.05, 3.63) is 52.4 Å². The van der Waals surface area contributed by atoms with E-state index >= 15 is 0 Å². The van der Waals surface area contributed by atoms with E-state index in [1.54, 1.807) is 35.3 Å². The van der Waals surface area contributed by atoms with Gasteiger partial charge in [0, 0.05) is 42.8 Å². The average Bonchev–Trinajstić information content (AvgIpc) is 3.61. The van der Waals surface area contributed by atoms with E-state index in [0.717, 1.165) is 30.9 Å². The summed E-state index contributed by atoms with van der Waals surface area (Å²) in [5, 5.41) is 16.0. The number of aromatic nitrogens is 3. The second-order valence-corrected chi connectivity index (χ2v) is 10.8. The van der Waals surface area contributed by atoms with Gasteiger partial charge in [-0.05, 0) is 56.1 Å². The van der Waals surface area contributed by atoms with Crippen molar-refractivity contribution in [2.75, 3.05) is 43.4 Å². The van der Waals surface area contributed by atoms with Gasteiger partial charge in [-0.2, -0.15) is 5.10 Å². The molecular weight excluding hydrogens is 512 g/mol. The Hall–Kier alpha value is -3.70. The number of rotatable bonds is 10. The van der Waals surface area contributed by atoms with Crippen LogP contribution >= 0.6 is 11.3 Å². The number of hydrogen-bond donors (Lipinski definition) is 3. The minimum absolute atomic E-state index is 0.0217. The Morgan fingerprint density at radius 2 is 2.10 bits per heavy atom. The summed E-state index contributed by atoms with van der Waals surface area (Å²) in [6.45, 7) is 9.45. The smallest absolute Gasteiger partial charge is 0.251 e. The van der Waals surface area contributed by atoms with Crippen molar-refractivity contribution >= 4 is 41.0 Å². The fraction of sp³-hybridized carbons (Fsp3) is 0.429. The van der Waals surface area contributed by atoms with Crippen LogP contribution in [-0.2, 0) is 4.79 Å². The number of carbonyl (C=O) groups is 2. The number of thiophene rings is 1. The fourth-order valence-corrected chi connectivity index (χ4v) is 5.91. The number of carbonyl (C=O) groups excluding carboxylic acids is 2. The van der Waals surface area contributed by atoms with Crippen LogP contribution < -0.4 is 20.9 Å². The molecular formula is C28H36N8O2S. The van der Waals surface area contributed by atoms with Crippen LogP contribution in [0.5, 0.6) is 0 Å². The number of anilines is 2. The summed E-state index contributed by atoms with van der Waals surface area (Å²) in [4.78, 5) is 36.3. The number of nitrogens with zero attached hydrogens (tertiary/aromatic N) is 5. The van der Waals surface area contributed by atoms with E-state index in [4.69, 9.17) is 4.98 Å². The number of nitrogens with one attached hydrogen (secondary N) is 3. The first-order chi connectivity index (χ1) is 18.9. The van der Waals surface area contributed by atoms with Crippen molar-refractivity contribution in [3.63, 3.8) is 0 Å². The van der Waals surface area contributed by atoms with E-state index in [1.807, 2.05) is 23.2 Å². The van der Waals surface area contributed by atoms with Gasteiger partial charge >= 0.3 is 0 Å². The topological polar surface area (TPSA) is 107 Å². The van der Waals surface area contributed by atoms with E-state index in [1.165, 1.54) is 4.88 Å². The van der Waals surface area contributed by atoms with Gasteiger partial charge in [0.2, 0.25) is 5.91 Å². The number of hydrogen-bond acceptors (Lipinski definition) is 8. The molecule has 3 aromatic heterocycles. The largest absolute Gasteiger partial charge is 0.358 e. The third-order valence-electron chi connectivity index (χ3n) is 7.56. The molecule has 5 rings (SSSR count). The fourth-order valence-electron chi connectivity index (χ4n) is 5.16. The van der Waals surface area contributed by atoms with Gasteiger partial charge in [0.25, 0.3) is 5.91 Å². The Balaban J connectivity index is 1.47. The molecule has 3 N–H and O–H groups in total. The van der Waals surface area contributed by atoms with E-state index in [2.05, 4.69) is 64.2 Å². The van der Waals surface area contributed by atoms with Gasteiger partial charge < -0.3 is 20.9 Å². The molecule has 0 bridgehead atoms. The first kappa shape index (κ1) is 26.9. The molecule has 0 aromatic carbocycles. The lowest BCUT2D eigenvalue weighted by molar-refractivity contribution is -0.123. The maximum absolute atomic E-state index is 13.4. The van der Waals surface area contributed by atoms with Gasteiger partial charge in [-0.25, -0.2) is 9.67 Å². The molecule has 39 heavy (non-hydrogen) atoms. The molecule has 2 aliphatic rings. The standard InChI is InChI=1S/C28H36N8O2S/c1-5-34(6-2)18(3)16-30-27(37)19-14-22(32-25(15-19)35-11-10-23(35)28(38)29-4)20-17-31-36-12-9-21(33-26(20)36)24-8-7-13-39-24/h7-9,12-15,17-18,21,23,33H,5-6,10-11,16H2,1-4H3,(H,29,38)(H,30,37)/t18-,21?,23-/m0/s1. The SMILES string of the molecule is CCN(CC)[C@@H](C)CNC(=O)c1cc(-c2cnn3c2NC(c2cccs2)C=C3)nc(N2CC[C@H]2C(=O)NC)c1. The van der Waals surface area contributed by atoms with Gasteiger partial charge in [0.15, 0.2) is 0 Å². The molecule has 206 valence electrons. The Bertz CT molecular complexity index is 1350. The first-order valence-electron chi connectivity index (χ1n) is 13.5. The van der Waals surface area contributed by atoms with Gasteiger partial charge in [0.05, 0.1) is 23.5 Å². The first-order valence-corrected chi connectivity index (χ1v) is 14.4.